The average molecular weight is 544 g/mol. The molecule has 0 heterocycles. The van der Waals surface area contributed by atoms with Gasteiger partial charge in [-0.15, -0.1) is 0 Å². The maximum Gasteiger partial charge on any atom is 0.305 e. The second-order valence-electron chi connectivity index (χ2n) is 11.2. The molecule has 38 heavy (non-hydrogen) atoms. The van der Waals surface area contributed by atoms with E-state index in [9.17, 15) is 19.8 Å². The van der Waals surface area contributed by atoms with Gasteiger partial charge in [0.25, 0.3) is 0 Å². The Morgan fingerprint density at radius 3 is 1.84 bits per heavy atom. The van der Waals surface area contributed by atoms with Gasteiger partial charge in [-0.3, -0.25) is 4.79 Å². The monoisotopic (exact) mass is 543 g/mol. The van der Waals surface area contributed by atoms with Crippen molar-refractivity contribution in [1.82, 2.24) is 0 Å². The van der Waals surface area contributed by atoms with Crippen molar-refractivity contribution in [2.45, 2.75) is 122 Å². The molecule has 0 saturated heterocycles. The number of ether oxygens (including phenoxy) is 3. The highest BCUT2D eigenvalue weighted by Crippen LogP contribution is 2.11. The first-order valence-electron chi connectivity index (χ1n) is 14.9. The van der Waals surface area contributed by atoms with Gasteiger partial charge in [-0.2, -0.15) is 0 Å². The van der Waals surface area contributed by atoms with Crippen LogP contribution < -0.4 is 5.11 Å². The fraction of sp³-hybridized carbons (Fsp3) is 0.867. The van der Waals surface area contributed by atoms with E-state index in [1.165, 1.54) is 77.0 Å². The molecule has 2 atom stereocenters. The molecule has 0 aliphatic heterocycles. The van der Waals surface area contributed by atoms with Crippen molar-refractivity contribution in [2.24, 2.45) is 0 Å². The predicted octanol–water partition coefficient (Wildman–Crippen LogP) is 4.52. The van der Waals surface area contributed by atoms with Crippen LogP contribution in [-0.2, 0) is 23.8 Å². The molecule has 8 nitrogen and oxygen atoms in total. The summed E-state index contributed by atoms with van der Waals surface area (Å²) in [5, 5.41) is 21.1. The summed E-state index contributed by atoms with van der Waals surface area (Å²) in [5.41, 5.74) is 0. The van der Waals surface area contributed by atoms with E-state index in [0.717, 1.165) is 19.3 Å². The lowest BCUT2D eigenvalue weighted by molar-refractivity contribution is -0.870. The molecule has 0 radical (unpaired) electrons. The van der Waals surface area contributed by atoms with Crippen LogP contribution >= 0.6 is 0 Å². The van der Waals surface area contributed by atoms with Crippen molar-refractivity contribution in [3.63, 3.8) is 0 Å². The number of aliphatic hydroxyl groups is 1. The second-order valence-corrected chi connectivity index (χ2v) is 11.2. The van der Waals surface area contributed by atoms with Crippen LogP contribution in [0.25, 0.3) is 0 Å². The van der Waals surface area contributed by atoms with Crippen LogP contribution in [0.15, 0.2) is 12.2 Å². The Labute approximate surface area is 232 Å². The van der Waals surface area contributed by atoms with Crippen LogP contribution in [0.1, 0.15) is 110 Å². The molecular formula is C30H57NO7. The lowest BCUT2D eigenvalue weighted by atomic mass is 10.1. The third-order valence-corrected chi connectivity index (χ3v) is 6.24. The normalized spacial score (nSPS) is 13.6. The molecule has 0 fully saturated rings. The third kappa shape index (κ3) is 26.1. The highest BCUT2D eigenvalue weighted by Gasteiger charge is 2.17. The summed E-state index contributed by atoms with van der Waals surface area (Å²) in [7, 11) is 5.86. The van der Waals surface area contributed by atoms with E-state index in [-0.39, 0.29) is 25.8 Å². The van der Waals surface area contributed by atoms with Crippen LogP contribution in [0.3, 0.4) is 0 Å². The number of hydrogen-bond donors (Lipinski definition) is 1. The van der Waals surface area contributed by atoms with Gasteiger partial charge in [0.05, 0.1) is 40.3 Å². The Kier molecular flexibility index (Phi) is 23.6. The molecule has 0 aliphatic carbocycles. The molecule has 0 amide bonds. The molecule has 0 rings (SSSR count). The Morgan fingerprint density at radius 1 is 0.789 bits per heavy atom. The smallest absolute Gasteiger partial charge is 0.305 e. The number of allylic oxidation sites excluding steroid dienone is 2. The summed E-state index contributed by atoms with van der Waals surface area (Å²) in [5.74, 6) is -1.88. The number of hydrogen-bond acceptors (Lipinski definition) is 7. The minimum atomic E-state index is -1.57. The number of likely N-dealkylation sites (N-methyl/N-ethyl adjacent to an activating group) is 1. The van der Waals surface area contributed by atoms with Gasteiger partial charge in [-0.1, -0.05) is 83.3 Å². The maximum atomic E-state index is 11.9. The molecule has 0 bridgehead atoms. The number of carboxylic acids is 1. The molecular weight excluding hydrogens is 486 g/mol. The predicted molar refractivity (Wildman–Crippen MR) is 149 cm³/mol. The van der Waals surface area contributed by atoms with Gasteiger partial charge >= 0.3 is 5.97 Å². The molecule has 0 aromatic rings. The lowest BCUT2D eigenvalue weighted by Crippen LogP contribution is -2.44. The summed E-state index contributed by atoms with van der Waals surface area (Å²) in [6, 6.07) is 0. The molecule has 1 N–H and O–H groups in total. The van der Waals surface area contributed by atoms with Gasteiger partial charge in [-0.05, 0) is 32.1 Å². The SMILES string of the molecule is CCCCCCCC/C=C\CCCCCCCCCC(=O)OCC(O)COC(OCC[N+](C)(C)C)C(=O)[O-]. The van der Waals surface area contributed by atoms with E-state index in [0.29, 0.717) is 17.4 Å². The third-order valence-electron chi connectivity index (χ3n) is 6.24. The van der Waals surface area contributed by atoms with Gasteiger partial charge in [-0.25, -0.2) is 0 Å². The van der Waals surface area contributed by atoms with E-state index in [2.05, 4.69) is 19.1 Å². The Morgan fingerprint density at radius 2 is 1.32 bits per heavy atom. The molecule has 8 heteroatoms. The van der Waals surface area contributed by atoms with Crippen molar-refractivity contribution in [2.75, 3.05) is 47.5 Å². The van der Waals surface area contributed by atoms with E-state index in [4.69, 9.17) is 14.2 Å². The number of aliphatic hydroxyl groups excluding tert-OH is 1. The zero-order valence-corrected chi connectivity index (χ0v) is 24.8. The van der Waals surface area contributed by atoms with Gasteiger partial charge in [0.1, 0.15) is 19.3 Å². The van der Waals surface area contributed by atoms with E-state index >= 15 is 0 Å². The summed E-state index contributed by atoms with van der Waals surface area (Å²) in [6.45, 7) is 2.44. The number of unbranched alkanes of at least 4 members (excludes halogenated alkanes) is 13. The van der Waals surface area contributed by atoms with Crippen molar-refractivity contribution in [1.29, 1.82) is 0 Å². The van der Waals surface area contributed by atoms with Gasteiger partial charge in [0, 0.05) is 6.42 Å². The zero-order valence-electron chi connectivity index (χ0n) is 24.8. The lowest BCUT2D eigenvalue weighted by Gasteiger charge is -2.26. The number of quaternary nitrogens is 1. The van der Waals surface area contributed by atoms with Crippen molar-refractivity contribution in [3.05, 3.63) is 12.2 Å². The number of aliphatic carboxylic acids is 1. The fourth-order valence-electron chi connectivity index (χ4n) is 3.82. The molecule has 0 aromatic carbocycles. The summed E-state index contributed by atoms with van der Waals surface area (Å²) in [6.07, 6.45) is 20.6. The fourth-order valence-corrected chi connectivity index (χ4v) is 3.82. The molecule has 0 aliphatic rings. The van der Waals surface area contributed by atoms with Gasteiger partial charge in [0.2, 0.25) is 0 Å². The van der Waals surface area contributed by atoms with Crippen molar-refractivity contribution < 1.29 is 38.5 Å². The summed E-state index contributed by atoms with van der Waals surface area (Å²) in [4.78, 5) is 23.0. The quantitative estimate of drug-likeness (QED) is 0.0534. The first kappa shape index (κ1) is 36.5. The number of carboxylic acid groups (broad SMARTS) is 1. The molecule has 0 saturated carbocycles. The van der Waals surface area contributed by atoms with Crippen LogP contribution in [-0.4, -0.2) is 81.4 Å². The van der Waals surface area contributed by atoms with Gasteiger partial charge < -0.3 is 33.7 Å². The van der Waals surface area contributed by atoms with E-state index in [1.54, 1.807) is 0 Å². The number of carbonyl (C=O) groups is 2. The topological polar surface area (TPSA) is 105 Å². The standard InChI is InChI=1S/C30H57NO7/c1-5-6-7-8-9-10-11-12-13-14-15-16-17-18-19-20-21-22-28(33)37-25-27(32)26-38-30(29(34)35)36-24-23-31(2,3)4/h12-13,27,30,32H,5-11,14-26H2,1-4H3/b13-12-. The number of carbonyl (C=O) groups excluding carboxylic acids is 2. The zero-order chi connectivity index (χ0) is 28.5. The van der Waals surface area contributed by atoms with Gasteiger partial charge in [0.15, 0.2) is 6.29 Å². The number of esters is 1. The number of nitrogens with zero attached hydrogens (tertiary/aromatic N) is 1. The Bertz CT molecular complexity index is 604. The number of rotatable bonds is 27. The van der Waals surface area contributed by atoms with Crippen LogP contribution in [0.2, 0.25) is 0 Å². The molecule has 2 unspecified atom stereocenters. The largest absolute Gasteiger partial charge is 0.545 e. The highest BCUT2D eigenvalue weighted by atomic mass is 16.7. The Balaban J connectivity index is 3.61. The van der Waals surface area contributed by atoms with Crippen molar-refractivity contribution in [3.8, 4) is 0 Å². The minimum Gasteiger partial charge on any atom is -0.545 e. The van der Waals surface area contributed by atoms with E-state index < -0.39 is 18.4 Å². The first-order chi connectivity index (χ1) is 18.2. The van der Waals surface area contributed by atoms with E-state index in [1.807, 2.05) is 21.1 Å². The minimum absolute atomic E-state index is 0.171. The van der Waals surface area contributed by atoms with Crippen LogP contribution in [0, 0.1) is 0 Å². The summed E-state index contributed by atoms with van der Waals surface area (Å²) >= 11 is 0. The summed E-state index contributed by atoms with van der Waals surface area (Å²) < 4.78 is 15.9. The van der Waals surface area contributed by atoms with Crippen LogP contribution in [0.5, 0.6) is 0 Å². The molecule has 0 aromatic heterocycles. The highest BCUT2D eigenvalue weighted by molar-refractivity contribution is 5.69. The maximum absolute atomic E-state index is 11.9. The average Bonchev–Trinajstić information content (AvgIpc) is 2.85. The van der Waals surface area contributed by atoms with Crippen LogP contribution in [0.4, 0.5) is 0 Å². The first-order valence-corrected chi connectivity index (χ1v) is 14.9. The Hall–Kier alpha value is -1.48. The molecule has 0 spiro atoms. The van der Waals surface area contributed by atoms with Crippen molar-refractivity contribution >= 4 is 11.9 Å². The molecule has 224 valence electrons. The second kappa shape index (κ2) is 24.6.